The summed E-state index contributed by atoms with van der Waals surface area (Å²) in [6, 6.07) is 0. The van der Waals surface area contributed by atoms with Crippen molar-refractivity contribution in [3.63, 3.8) is 0 Å². The summed E-state index contributed by atoms with van der Waals surface area (Å²) in [5.74, 6) is 0.597. The van der Waals surface area contributed by atoms with Gasteiger partial charge in [-0.3, -0.25) is 0 Å². The topological polar surface area (TPSA) is 44.1 Å². The first-order chi connectivity index (χ1) is 3.93. The van der Waals surface area contributed by atoms with Crippen molar-refractivity contribution in [2.24, 2.45) is 0 Å². The molecule has 4 heteroatoms. The van der Waals surface area contributed by atoms with E-state index in [1.54, 1.807) is 12.4 Å². The van der Waals surface area contributed by atoms with Gasteiger partial charge in [0.25, 0.3) is 0 Å². The van der Waals surface area contributed by atoms with E-state index in [-0.39, 0.29) is 20.4 Å². The van der Waals surface area contributed by atoms with Gasteiger partial charge in [-0.25, -0.2) is 0 Å². The molecule has 0 fully saturated rings. The van der Waals surface area contributed by atoms with E-state index in [1.807, 2.05) is 0 Å². The number of hydrogen-bond acceptors (Lipinski definition) is 2. The van der Waals surface area contributed by atoms with Gasteiger partial charge in [0, 0.05) is 26.8 Å². The molecule has 0 aliphatic carbocycles. The Balaban J connectivity index is 0.000000640. The summed E-state index contributed by atoms with van der Waals surface area (Å²) in [5, 5.41) is 0. The third kappa shape index (κ3) is 2.54. The quantitative estimate of drug-likeness (QED) is 0.506. The average Bonchev–Trinajstić information content (AvgIpc) is 2.19. The summed E-state index contributed by atoms with van der Waals surface area (Å²) in [6.45, 7) is 0. The second-order valence-electron chi connectivity index (χ2n) is 1.34. The number of nitrogens with zero attached hydrogens (tertiary/aromatic N) is 2. The van der Waals surface area contributed by atoms with Crippen LogP contribution in [0, 0.1) is 0 Å². The molecule has 0 bridgehead atoms. The number of aldehydes is 1. The number of hydrogen-bond donors (Lipinski definition) is 0. The molecule has 0 unspecified atom stereocenters. The van der Waals surface area contributed by atoms with Crippen molar-refractivity contribution in [2.45, 2.75) is 6.42 Å². The van der Waals surface area contributed by atoms with E-state index in [0.717, 1.165) is 6.29 Å². The largest absolute Gasteiger partial charge is 0.446 e. The standard InChI is InChI=1S/C5H5N2O.Pd/c8-4-1-5-6-2-3-7-5;/h2-4H,1H2;/q-1;. The van der Waals surface area contributed by atoms with Crippen LogP contribution < -0.4 is 4.98 Å². The molecule has 9 heavy (non-hydrogen) atoms. The van der Waals surface area contributed by atoms with Crippen LogP contribution in [-0.2, 0) is 31.6 Å². The van der Waals surface area contributed by atoms with Gasteiger partial charge in [0.2, 0.25) is 0 Å². The van der Waals surface area contributed by atoms with Crippen molar-refractivity contribution in [1.29, 1.82) is 0 Å². The number of aromatic nitrogens is 2. The van der Waals surface area contributed by atoms with Gasteiger partial charge < -0.3 is 14.8 Å². The number of rotatable bonds is 2. The van der Waals surface area contributed by atoms with Crippen LogP contribution in [0.4, 0.5) is 0 Å². The van der Waals surface area contributed by atoms with E-state index >= 15 is 0 Å². The monoisotopic (exact) mass is 215 g/mol. The molecule has 1 rings (SSSR count). The van der Waals surface area contributed by atoms with Crippen LogP contribution in [0.3, 0.4) is 0 Å². The van der Waals surface area contributed by atoms with E-state index in [9.17, 15) is 4.79 Å². The third-order valence-electron chi connectivity index (χ3n) is 0.780. The zero-order valence-electron chi connectivity index (χ0n) is 4.56. The molecule has 0 saturated heterocycles. The molecule has 0 spiro atoms. The molecular formula is C5H5N2OPd-. The molecule has 0 N–H and O–H groups in total. The summed E-state index contributed by atoms with van der Waals surface area (Å²) in [4.78, 5) is 17.3. The Morgan fingerprint density at radius 3 is 3.00 bits per heavy atom. The van der Waals surface area contributed by atoms with Crippen molar-refractivity contribution in [1.82, 2.24) is 9.97 Å². The van der Waals surface area contributed by atoms with Gasteiger partial charge in [0.1, 0.15) is 6.29 Å². The number of carbonyl (C=O) groups is 1. The van der Waals surface area contributed by atoms with Gasteiger partial charge in [-0.1, -0.05) is 18.2 Å². The minimum Gasteiger partial charge on any atom is -0.446 e. The summed E-state index contributed by atoms with van der Waals surface area (Å²) in [7, 11) is 0. The molecule has 0 radical (unpaired) electrons. The second-order valence-corrected chi connectivity index (χ2v) is 1.34. The Labute approximate surface area is 66.5 Å². The van der Waals surface area contributed by atoms with E-state index < -0.39 is 0 Å². The first-order valence-electron chi connectivity index (χ1n) is 2.29. The predicted octanol–water partition coefficient (Wildman–Crippen LogP) is -0.222. The number of imidazole rings is 1. The van der Waals surface area contributed by atoms with E-state index in [4.69, 9.17) is 0 Å². The molecule has 0 saturated carbocycles. The van der Waals surface area contributed by atoms with Crippen molar-refractivity contribution in [2.75, 3.05) is 0 Å². The zero-order valence-corrected chi connectivity index (χ0v) is 6.11. The smallest absolute Gasteiger partial charge is 0.123 e. The average molecular weight is 216 g/mol. The van der Waals surface area contributed by atoms with Crippen molar-refractivity contribution in [3.05, 3.63) is 18.2 Å². The molecule has 3 nitrogen and oxygen atoms in total. The minimum absolute atomic E-state index is 0. The van der Waals surface area contributed by atoms with Gasteiger partial charge in [-0.2, -0.15) is 0 Å². The third-order valence-corrected chi connectivity index (χ3v) is 0.780. The van der Waals surface area contributed by atoms with Crippen LogP contribution in [0.2, 0.25) is 0 Å². The maximum Gasteiger partial charge on any atom is 0.123 e. The number of carbonyl (C=O) groups excluding carboxylic acids is 1. The molecule has 1 aromatic heterocycles. The van der Waals surface area contributed by atoms with Crippen LogP contribution in [0.5, 0.6) is 0 Å². The second kappa shape index (κ2) is 4.42. The van der Waals surface area contributed by atoms with Crippen LogP contribution in [0.1, 0.15) is 5.82 Å². The first-order valence-corrected chi connectivity index (χ1v) is 2.29. The van der Waals surface area contributed by atoms with Crippen molar-refractivity contribution >= 4 is 6.29 Å². The SMILES string of the molecule is O=CCc1ncc[n-]1.[Pd]. The van der Waals surface area contributed by atoms with Gasteiger partial charge in [-0.05, 0) is 0 Å². The molecule has 0 aliphatic rings. The summed E-state index contributed by atoms with van der Waals surface area (Å²) >= 11 is 0. The molecule has 1 aromatic rings. The molecule has 0 amide bonds. The van der Waals surface area contributed by atoms with Crippen LogP contribution in [-0.4, -0.2) is 11.3 Å². The maximum absolute atomic E-state index is 9.79. The van der Waals surface area contributed by atoms with Crippen LogP contribution in [0.15, 0.2) is 12.4 Å². The summed E-state index contributed by atoms with van der Waals surface area (Å²) in [5.41, 5.74) is 0. The first kappa shape index (κ1) is 8.54. The predicted molar refractivity (Wildman–Crippen MR) is 27.3 cm³/mol. The molecular weight excluding hydrogens is 210 g/mol. The van der Waals surface area contributed by atoms with Crippen LogP contribution in [0.25, 0.3) is 0 Å². The zero-order chi connectivity index (χ0) is 5.82. The Bertz CT molecular complexity index is 161. The van der Waals surface area contributed by atoms with E-state index in [2.05, 4.69) is 9.97 Å². The van der Waals surface area contributed by atoms with Crippen molar-refractivity contribution < 1.29 is 25.2 Å². The van der Waals surface area contributed by atoms with Gasteiger partial charge in [0.15, 0.2) is 0 Å². The normalized spacial score (nSPS) is 8.00. The molecule has 0 aromatic carbocycles. The Morgan fingerprint density at radius 2 is 2.56 bits per heavy atom. The Kier molecular flexibility index (Phi) is 4.20. The molecule has 0 aliphatic heterocycles. The van der Waals surface area contributed by atoms with Gasteiger partial charge in [-0.15, -0.1) is 0 Å². The summed E-state index contributed by atoms with van der Waals surface area (Å²) < 4.78 is 0. The molecule has 1 heterocycles. The fourth-order valence-electron chi connectivity index (χ4n) is 0.452. The minimum atomic E-state index is 0. The maximum atomic E-state index is 9.79. The van der Waals surface area contributed by atoms with Crippen LogP contribution >= 0.6 is 0 Å². The Morgan fingerprint density at radius 1 is 1.78 bits per heavy atom. The summed E-state index contributed by atoms with van der Waals surface area (Å²) in [6.07, 6.45) is 4.25. The van der Waals surface area contributed by atoms with Gasteiger partial charge >= 0.3 is 0 Å². The fraction of sp³-hybridized carbons (Fsp3) is 0.200. The van der Waals surface area contributed by atoms with E-state index in [0.29, 0.717) is 12.2 Å². The van der Waals surface area contributed by atoms with E-state index in [1.165, 1.54) is 0 Å². The fourth-order valence-corrected chi connectivity index (χ4v) is 0.452. The Hall–Kier alpha value is -0.458. The van der Waals surface area contributed by atoms with Crippen molar-refractivity contribution in [3.8, 4) is 0 Å². The molecule has 0 atom stereocenters. The van der Waals surface area contributed by atoms with Gasteiger partial charge in [0.05, 0.1) is 0 Å². The molecule has 52 valence electrons.